The SMILES string of the molecule is CCCCCC12CCC(c3cc(Cl)c(C#N)c(Cl)c3)(CC1)CC2. The fourth-order valence-corrected chi connectivity index (χ4v) is 5.38. The molecule has 0 N–H and O–H groups in total. The number of rotatable bonds is 5. The molecule has 0 heterocycles. The average molecular weight is 350 g/mol. The molecule has 1 aromatic rings. The molecule has 0 aromatic heterocycles. The number of benzene rings is 1. The number of hydrogen-bond acceptors (Lipinski definition) is 1. The Morgan fingerprint density at radius 3 is 2.04 bits per heavy atom. The summed E-state index contributed by atoms with van der Waals surface area (Å²) in [6.45, 7) is 2.28. The lowest BCUT2D eigenvalue weighted by Gasteiger charge is -2.54. The smallest absolute Gasteiger partial charge is 0.102 e. The summed E-state index contributed by atoms with van der Waals surface area (Å²) < 4.78 is 0. The first-order chi connectivity index (χ1) is 11.0. The minimum absolute atomic E-state index is 0.244. The van der Waals surface area contributed by atoms with Gasteiger partial charge in [0.2, 0.25) is 0 Å². The van der Waals surface area contributed by atoms with Crippen LogP contribution < -0.4 is 0 Å². The van der Waals surface area contributed by atoms with Gasteiger partial charge in [0.1, 0.15) is 6.07 Å². The van der Waals surface area contributed by atoms with Gasteiger partial charge in [0, 0.05) is 0 Å². The van der Waals surface area contributed by atoms with E-state index >= 15 is 0 Å². The fraction of sp³-hybridized carbons (Fsp3) is 0.650. The molecule has 1 aromatic carbocycles. The van der Waals surface area contributed by atoms with E-state index in [0.717, 1.165) is 0 Å². The van der Waals surface area contributed by atoms with Crippen molar-refractivity contribution in [3.63, 3.8) is 0 Å². The maximum absolute atomic E-state index is 9.15. The number of halogens is 2. The van der Waals surface area contributed by atoms with Crippen LogP contribution >= 0.6 is 23.2 Å². The van der Waals surface area contributed by atoms with E-state index in [1.54, 1.807) is 0 Å². The zero-order valence-electron chi connectivity index (χ0n) is 13.9. The third-order valence-corrected chi connectivity index (χ3v) is 7.07. The molecular weight excluding hydrogens is 325 g/mol. The van der Waals surface area contributed by atoms with E-state index < -0.39 is 0 Å². The van der Waals surface area contributed by atoms with E-state index in [-0.39, 0.29) is 5.41 Å². The molecule has 0 saturated heterocycles. The zero-order chi connectivity index (χ0) is 16.5. The summed E-state index contributed by atoms with van der Waals surface area (Å²) in [5.41, 5.74) is 2.52. The Hall–Kier alpha value is -0.710. The molecule has 0 atom stereocenters. The van der Waals surface area contributed by atoms with Gasteiger partial charge < -0.3 is 0 Å². The first-order valence-electron chi connectivity index (χ1n) is 8.94. The second kappa shape index (κ2) is 6.66. The Labute approximate surface area is 150 Å². The summed E-state index contributed by atoms with van der Waals surface area (Å²) in [5.74, 6) is 0. The second-order valence-corrected chi connectivity index (χ2v) is 8.48. The molecule has 2 bridgehead atoms. The first-order valence-corrected chi connectivity index (χ1v) is 9.69. The van der Waals surface area contributed by atoms with Gasteiger partial charge in [0.05, 0.1) is 15.6 Å². The standard InChI is InChI=1S/C20H25Cl2N/c1-2-3-4-5-19-6-9-20(10-7-19,11-8-19)15-12-17(21)16(14-23)18(22)13-15/h12-13H,2-11H2,1H3. The second-order valence-electron chi connectivity index (χ2n) is 7.66. The van der Waals surface area contributed by atoms with Crippen LogP contribution in [-0.2, 0) is 5.41 Å². The highest BCUT2D eigenvalue weighted by atomic mass is 35.5. The molecule has 3 aliphatic carbocycles. The van der Waals surface area contributed by atoms with Gasteiger partial charge in [-0.2, -0.15) is 5.26 Å². The minimum Gasteiger partial charge on any atom is -0.192 e. The summed E-state index contributed by atoms with van der Waals surface area (Å²) in [7, 11) is 0. The van der Waals surface area contributed by atoms with Crippen LogP contribution in [0.3, 0.4) is 0 Å². The highest BCUT2D eigenvalue weighted by Gasteiger charge is 2.48. The van der Waals surface area contributed by atoms with Gasteiger partial charge in [-0.15, -0.1) is 0 Å². The molecule has 1 nitrogen and oxygen atoms in total. The summed E-state index contributed by atoms with van der Waals surface area (Å²) >= 11 is 12.6. The molecule has 3 fully saturated rings. The average Bonchev–Trinajstić information content (AvgIpc) is 2.56. The van der Waals surface area contributed by atoms with Crippen molar-refractivity contribution in [2.75, 3.05) is 0 Å². The zero-order valence-corrected chi connectivity index (χ0v) is 15.4. The third kappa shape index (κ3) is 3.13. The van der Waals surface area contributed by atoms with E-state index in [2.05, 4.69) is 13.0 Å². The predicted molar refractivity (Wildman–Crippen MR) is 97.1 cm³/mol. The summed E-state index contributed by atoms with van der Waals surface area (Å²) in [6, 6.07) is 6.11. The lowest BCUT2D eigenvalue weighted by molar-refractivity contribution is 0.0305. The lowest BCUT2D eigenvalue weighted by atomic mass is 9.51. The summed E-state index contributed by atoms with van der Waals surface area (Å²) in [6.07, 6.45) is 13.2. The van der Waals surface area contributed by atoms with E-state index in [1.807, 2.05) is 12.1 Å². The molecule has 0 unspecified atom stereocenters. The van der Waals surface area contributed by atoms with Crippen LogP contribution in [0.15, 0.2) is 12.1 Å². The topological polar surface area (TPSA) is 23.8 Å². The van der Waals surface area contributed by atoms with Crippen molar-refractivity contribution in [3.05, 3.63) is 33.3 Å². The molecular formula is C20H25Cl2N. The van der Waals surface area contributed by atoms with Gasteiger partial charge in [0.25, 0.3) is 0 Å². The molecule has 3 heteroatoms. The monoisotopic (exact) mass is 349 g/mol. The predicted octanol–water partition coefficient (Wildman–Crippen LogP) is 7.04. The first kappa shape index (κ1) is 17.1. The van der Waals surface area contributed by atoms with Crippen molar-refractivity contribution in [2.24, 2.45) is 5.41 Å². The van der Waals surface area contributed by atoms with Crippen molar-refractivity contribution in [1.82, 2.24) is 0 Å². The van der Waals surface area contributed by atoms with Crippen LogP contribution in [0.1, 0.15) is 82.3 Å². The molecule has 124 valence electrons. The maximum Gasteiger partial charge on any atom is 0.102 e. The minimum atomic E-state index is 0.244. The summed E-state index contributed by atoms with van der Waals surface area (Å²) in [5, 5.41) is 10.2. The highest BCUT2D eigenvalue weighted by molar-refractivity contribution is 6.36. The lowest BCUT2D eigenvalue weighted by Crippen LogP contribution is -2.44. The van der Waals surface area contributed by atoms with Crippen molar-refractivity contribution in [2.45, 2.75) is 76.5 Å². The van der Waals surface area contributed by atoms with Gasteiger partial charge in [-0.3, -0.25) is 0 Å². The largest absolute Gasteiger partial charge is 0.192 e. The number of unbranched alkanes of at least 4 members (excludes halogenated alkanes) is 2. The number of nitrogens with zero attached hydrogens (tertiary/aromatic N) is 1. The van der Waals surface area contributed by atoms with Gasteiger partial charge in [-0.05, 0) is 73.5 Å². The Morgan fingerprint density at radius 1 is 1.00 bits per heavy atom. The number of fused-ring (bicyclic) bond motifs is 3. The molecule has 0 aliphatic heterocycles. The van der Waals surface area contributed by atoms with Gasteiger partial charge in [0.15, 0.2) is 0 Å². The molecule has 4 rings (SSSR count). The third-order valence-electron chi connectivity index (χ3n) is 6.48. The van der Waals surface area contributed by atoms with E-state index in [1.165, 1.54) is 69.8 Å². The Kier molecular flexibility index (Phi) is 4.96. The summed E-state index contributed by atoms with van der Waals surface area (Å²) in [4.78, 5) is 0. The van der Waals surface area contributed by atoms with Crippen LogP contribution in [0.4, 0.5) is 0 Å². The molecule has 23 heavy (non-hydrogen) atoms. The Morgan fingerprint density at radius 2 is 1.57 bits per heavy atom. The van der Waals surface area contributed by atoms with E-state index in [0.29, 0.717) is 21.0 Å². The van der Waals surface area contributed by atoms with Gasteiger partial charge in [-0.25, -0.2) is 0 Å². The fourth-order valence-electron chi connectivity index (χ4n) is 4.81. The molecule has 0 spiro atoms. The molecule has 3 aliphatic rings. The Balaban J connectivity index is 1.78. The number of hydrogen-bond donors (Lipinski definition) is 0. The highest BCUT2D eigenvalue weighted by Crippen LogP contribution is 2.60. The van der Waals surface area contributed by atoms with Crippen molar-refractivity contribution >= 4 is 23.2 Å². The van der Waals surface area contributed by atoms with Crippen LogP contribution in [-0.4, -0.2) is 0 Å². The van der Waals surface area contributed by atoms with Crippen molar-refractivity contribution in [3.8, 4) is 6.07 Å². The van der Waals surface area contributed by atoms with Gasteiger partial charge >= 0.3 is 0 Å². The van der Waals surface area contributed by atoms with Crippen LogP contribution in [0.25, 0.3) is 0 Å². The van der Waals surface area contributed by atoms with Crippen molar-refractivity contribution < 1.29 is 0 Å². The van der Waals surface area contributed by atoms with E-state index in [9.17, 15) is 0 Å². The molecule has 0 amide bonds. The van der Waals surface area contributed by atoms with Crippen LogP contribution in [0.5, 0.6) is 0 Å². The normalized spacial score (nSPS) is 29.5. The number of nitriles is 1. The quantitative estimate of drug-likeness (QED) is 0.523. The van der Waals surface area contributed by atoms with Crippen LogP contribution in [0, 0.1) is 16.7 Å². The Bertz CT molecular complexity index is 581. The molecule has 3 saturated carbocycles. The van der Waals surface area contributed by atoms with E-state index in [4.69, 9.17) is 28.5 Å². The van der Waals surface area contributed by atoms with Gasteiger partial charge in [-0.1, -0.05) is 49.4 Å². The maximum atomic E-state index is 9.15. The molecule has 0 radical (unpaired) electrons. The van der Waals surface area contributed by atoms with Crippen molar-refractivity contribution in [1.29, 1.82) is 5.26 Å². The van der Waals surface area contributed by atoms with Crippen LogP contribution in [0.2, 0.25) is 10.0 Å².